The molecule has 0 fully saturated rings. The number of nitrogens with zero attached hydrogens (tertiary/aromatic N) is 1. The van der Waals surface area contributed by atoms with Gasteiger partial charge in [0.15, 0.2) is 0 Å². The van der Waals surface area contributed by atoms with Crippen molar-refractivity contribution in [2.75, 3.05) is 12.8 Å². The molecule has 5 heteroatoms. The quantitative estimate of drug-likeness (QED) is 0.852. The zero-order valence-electron chi connectivity index (χ0n) is 8.03. The smallest absolute Gasteiger partial charge is 0.222 e. The van der Waals surface area contributed by atoms with Crippen LogP contribution in [0.3, 0.4) is 0 Å². The summed E-state index contributed by atoms with van der Waals surface area (Å²) < 4.78 is 9.97. The van der Waals surface area contributed by atoms with Crippen LogP contribution in [0.4, 0.5) is 5.88 Å². The molecule has 0 amide bonds. The molecular formula is C10H9ClN2O2. The number of nitrogen functional groups attached to an aromatic ring is 1. The van der Waals surface area contributed by atoms with E-state index in [2.05, 4.69) is 5.16 Å². The van der Waals surface area contributed by atoms with Crippen LogP contribution in [-0.2, 0) is 0 Å². The van der Waals surface area contributed by atoms with Gasteiger partial charge in [0.25, 0.3) is 0 Å². The van der Waals surface area contributed by atoms with Crippen molar-refractivity contribution in [3.05, 3.63) is 29.3 Å². The maximum atomic E-state index is 5.89. The maximum absolute atomic E-state index is 5.89. The fourth-order valence-corrected chi connectivity index (χ4v) is 1.47. The molecule has 0 aliphatic carbocycles. The highest BCUT2D eigenvalue weighted by atomic mass is 35.5. The SMILES string of the molecule is COc1ccc(Cl)cc1-c1cc(N)on1. The zero-order valence-corrected chi connectivity index (χ0v) is 8.78. The van der Waals surface area contributed by atoms with Crippen molar-refractivity contribution in [1.82, 2.24) is 5.16 Å². The molecule has 2 aromatic rings. The van der Waals surface area contributed by atoms with Gasteiger partial charge >= 0.3 is 0 Å². The van der Waals surface area contributed by atoms with Crippen molar-refractivity contribution in [2.24, 2.45) is 0 Å². The molecule has 15 heavy (non-hydrogen) atoms. The van der Waals surface area contributed by atoms with Gasteiger partial charge in [0.1, 0.15) is 11.4 Å². The van der Waals surface area contributed by atoms with Crippen molar-refractivity contribution < 1.29 is 9.26 Å². The van der Waals surface area contributed by atoms with E-state index in [1.807, 2.05) is 0 Å². The molecule has 0 radical (unpaired) electrons. The van der Waals surface area contributed by atoms with Gasteiger partial charge in [-0.15, -0.1) is 0 Å². The Morgan fingerprint density at radius 1 is 1.40 bits per heavy atom. The number of benzene rings is 1. The highest BCUT2D eigenvalue weighted by molar-refractivity contribution is 6.30. The van der Waals surface area contributed by atoms with E-state index >= 15 is 0 Å². The molecule has 78 valence electrons. The monoisotopic (exact) mass is 224 g/mol. The molecule has 0 unspecified atom stereocenters. The van der Waals surface area contributed by atoms with Gasteiger partial charge in [-0.3, -0.25) is 0 Å². The van der Waals surface area contributed by atoms with Gasteiger partial charge < -0.3 is 15.0 Å². The molecule has 0 saturated heterocycles. The summed E-state index contributed by atoms with van der Waals surface area (Å²) in [5, 5.41) is 4.40. The first kappa shape index (κ1) is 9.86. The summed E-state index contributed by atoms with van der Waals surface area (Å²) >= 11 is 5.89. The van der Waals surface area contributed by atoms with Crippen molar-refractivity contribution in [1.29, 1.82) is 0 Å². The minimum Gasteiger partial charge on any atom is -0.496 e. The third-order valence-corrected chi connectivity index (χ3v) is 2.20. The van der Waals surface area contributed by atoms with E-state index in [-0.39, 0.29) is 5.88 Å². The molecule has 0 saturated carbocycles. The molecule has 1 heterocycles. The fourth-order valence-electron chi connectivity index (χ4n) is 1.30. The number of aromatic nitrogens is 1. The lowest BCUT2D eigenvalue weighted by Gasteiger charge is -2.05. The number of ether oxygens (including phenoxy) is 1. The van der Waals surface area contributed by atoms with Crippen LogP contribution in [0.5, 0.6) is 5.75 Å². The van der Waals surface area contributed by atoms with Crippen molar-refractivity contribution in [2.45, 2.75) is 0 Å². The van der Waals surface area contributed by atoms with Crippen LogP contribution < -0.4 is 10.5 Å². The topological polar surface area (TPSA) is 61.3 Å². The van der Waals surface area contributed by atoms with Crippen molar-refractivity contribution in [3.63, 3.8) is 0 Å². The van der Waals surface area contributed by atoms with Crippen LogP contribution in [0.15, 0.2) is 28.8 Å². The Kier molecular flexibility index (Phi) is 2.51. The normalized spacial score (nSPS) is 10.3. The van der Waals surface area contributed by atoms with Crippen molar-refractivity contribution >= 4 is 17.5 Å². The number of anilines is 1. The van der Waals surface area contributed by atoms with Crippen LogP contribution in [0, 0.1) is 0 Å². The molecule has 2 N–H and O–H groups in total. The largest absolute Gasteiger partial charge is 0.496 e. The summed E-state index contributed by atoms with van der Waals surface area (Å²) in [5.74, 6) is 0.930. The lowest BCUT2D eigenvalue weighted by atomic mass is 10.1. The lowest BCUT2D eigenvalue weighted by Crippen LogP contribution is -1.87. The molecule has 4 nitrogen and oxygen atoms in total. The first-order chi connectivity index (χ1) is 7.20. The second-order valence-corrected chi connectivity index (χ2v) is 3.40. The molecule has 0 atom stereocenters. The Morgan fingerprint density at radius 3 is 2.80 bits per heavy atom. The number of halogens is 1. The molecule has 1 aromatic heterocycles. The highest BCUT2D eigenvalue weighted by Crippen LogP contribution is 2.32. The van der Waals surface area contributed by atoms with Gasteiger partial charge in [-0.25, -0.2) is 0 Å². The van der Waals surface area contributed by atoms with Crippen LogP contribution in [0.1, 0.15) is 0 Å². The Labute approximate surface area is 91.6 Å². The number of nitrogens with two attached hydrogens (primary N) is 1. The van der Waals surface area contributed by atoms with E-state index in [0.29, 0.717) is 16.5 Å². The van der Waals surface area contributed by atoms with Gasteiger partial charge in [-0.2, -0.15) is 0 Å². The Bertz CT molecular complexity index is 482. The number of methoxy groups -OCH3 is 1. The van der Waals surface area contributed by atoms with Crippen LogP contribution in [0.25, 0.3) is 11.3 Å². The Morgan fingerprint density at radius 2 is 2.20 bits per heavy atom. The maximum Gasteiger partial charge on any atom is 0.222 e. The van der Waals surface area contributed by atoms with Crippen LogP contribution in [0.2, 0.25) is 5.02 Å². The molecule has 0 aliphatic rings. The molecular weight excluding hydrogens is 216 g/mol. The molecule has 1 aromatic carbocycles. The lowest BCUT2D eigenvalue weighted by molar-refractivity contribution is 0.414. The molecule has 0 spiro atoms. The van der Waals surface area contributed by atoms with Crippen LogP contribution in [-0.4, -0.2) is 12.3 Å². The van der Waals surface area contributed by atoms with E-state index < -0.39 is 0 Å². The Hall–Kier alpha value is -1.68. The number of rotatable bonds is 2. The number of hydrogen-bond donors (Lipinski definition) is 1. The fraction of sp³-hybridized carbons (Fsp3) is 0.100. The predicted octanol–water partition coefficient (Wildman–Crippen LogP) is 2.59. The zero-order chi connectivity index (χ0) is 10.8. The minimum absolute atomic E-state index is 0.257. The van der Waals surface area contributed by atoms with E-state index in [1.165, 1.54) is 0 Å². The van der Waals surface area contributed by atoms with Gasteiger partial charge in [-0.05, 0) is 18.2 Å². The summed E-state index contributed by atoms with van der Waals surface area (Å²) in [4.78, 5) is 0. The second-order valence-electron chi connectivity index (χ2n) is 2.96. The summed E-state index contributed by atoms with van der Waals surface area (Å²) in [6.07, 6.45) is 0. The Balaban J connectivity index is 2.55. The molecule has 0 bridgehead atoms. The van der Waals surface area contributed by atoms with E-state index in [0.717, 1.165) is 5.56 Å². The van der Waals surface area contributed by atoms with Gasteiger partial charge in [-0.1, -0.05) is 16.8 Å². The van der Waals surface area contributed by atoms with Gasteiger partial charge in [0, 0.05) is 16.7 Å². The average molecular weight is 225 g/mol. The van der Waals surface area contributed by atoms with Gasteiger partial charge in [0.2, 0.25) is 5.88 Å². The second kappa shape index (κ2) is 3.82. The van der Waals surface area contributed by atoms with E-state index in [9.17, 15) is 0 Å². The average Bonchev–Trinajstić information content (AvgIpc) is 2.65. The van der Waals surface area contributed by atoms with Gasteiger partial charge in [0.05, 0.1) is 7.11 Å². The molecule has 0 aliphatic heterocycles. The third kappa shape index (κ3) is 1.89. The predicted molar refractivity (Wildman–Crippen MR) is 57.9 cm³/mol. The van der Waals surface area contributed by atoms with E-state index in [4.69, 9.17) is 26.6 Å². The minimum atomic E-state index is 0.257. The standard InChI is InChI=1S/C10H9ClN2O2/c1-14-9-3-2-6(11)4-7(9)8-5-10(12)15-13-8/h2-5H,12H2,1H3. The summed E-state index contributed by atoms with van der Waals surface area (Å²) in [7, 11) is 1.58. The summed E-state index contributed by atoms with van der Waals surface area (Å²) in [5.41, 5.74) is 6.80. The summed E-state index contributed by atoms with van der Waals surface area (Å²) in [6, 6.07) is 6.88. The number of hydrogen-bond acceptors (Lipinski definition) is 4. The highest BCUT2D eigenvalue weighted by Gasteiger charge is 2.10. The first-order valence-electron chi connectivity index (χ1n) is 4.27. The van der Waals surface area contributed by atoms with Crippen molar-refractivity contribution in [3.8, 4) is 17.0 Å². The third-order valence-electron chi connectivity index (χ3n) is 1.97. The van der Waals surface area contributed by atoms with Crippen LogP contribution >= 0.6 is 11.6 Å². The first-order valence-corrected chi connectivity index (χ1v) is 4.64. The van der Waals surface area contributed by atoms with E-state index in [1.54, 1.807) is 31.4 Å². The summed E-state index contributed by atoms with van der Waals surface area (Å²) in [6.45, 7) is 0. The molecule has 2 rings (SSSR count).